The number of fused-ring (bicyclic) bond motifs is 1. The molecule has 1 atom stereocenters. The number of aliphatic hydroxyl groups excluding tert-OH is 1. The number of pyridine rings is 1. The van der Waals surface area contributed by atoms with Gasteiger partial charge in [0.2, 0.25) is 5.91 Å². The molecule has 3 N–H and O–H groups in total. The van der Waals surface area contributed by atoms with Crippen molar-refractivity contribution in [1.82, 2.24) is 10.3 Å². The molecule has 0 saturated heterocycles. The van der Waals surface area contributed by atoms with Crippen LogP contribution >= 0.6 is 0 Å². The number of amides is 1. The average Bonchev–Trinajstić information content (AvgIpc) is 2.64. The van der Waals surface area contributed by atoms with Crippen molar-refractivity contribution in [3.05, 3.63) is 23.5 Å². The highest BCUT2D eigenvalue weighted by Crippen LogP contribution is 2.61. The van der Waals surface area contributed by atoms with E-state index in [-0.39, 0.29) is 17.9 Å². The molecule has 1 aromatic rings. The normalized spacial score (nSPS) is 35.6. The van der Waals surface area contributed by atoms with Crippen LogP contribution in [0.1, 0.15) is 68.9 Å². The second kappa shape index (κ2) is 7.42. The number of nitrogens with zero attached hydrogens (tertiary/aromatic N) is 1. The standard InChI is InChI=1S/C23H33N3O2/c27-3-1-2-19-7-18-12-24-14-21(20(18)13-25-19)26-22(28)11-23-8-15-4-16(9-23)6-17(5-15)10-23/h12,14-17,19,25,27H,1-11,13H2,(H,26,28). The Kier molecular flexibility index (Phi) is 4.92. The van der Waals surface area contributed by atoms with Crippen LogP contribution in [-0.4, -0.2) is 28.6 Å². The summed E-state index contributed by atoms with van der Waals surface area (Å²) in [5.74, 6) is 2.82. The van der Waals surface area contributed by atoms with Gasteiger partial charge >= 0.3 is 0 Å². The van der Waals surface area contributed by atoms with E-state index in [9.17, 15) is 4.79 Å². The molecule has 4 aliphatic carbocycles. The van der Waals surface area contributed by atoms with Crippen molar-refractivity contribution >= 4 is 11.6 Å². The van der Waals surface area contributed by atoms with Gasteiger partial charge in [0, 0.05) is 31.8 Å². The van der Waals surface area contributed by atoms with Crippen LogP contribution in [0.25, 0.3) is 0 Å². The van der Waals surface area contributed by atoms with E-state index in [2.05, 4.69) is 15.6 Å². The highest BCUT2D eigenvalue weighted by molar-refractivity contribution is 5.92. The maximum atomic E-state index is 13.0. The molecule has 1 amide bonds. The Morgan fingerprint density at radius 2 is 1.89 bits per heavy atom. The number of nitrogens with one attached hydrogen (secondary N) is 2. The highest BCUT2D eigenvalue weighted by Gasteiger charge is 2.51. The van der Waals surface area contributed by atoms with E-state index in [4.69, 9.17) is 5.11 Å². The first-order chi connectivity index (χ1) is 13.6. The predicted molar refractivity (Wildman–Crippen MR) is 109 cm³/mol. The monoisotopic (exact) mass is 383 g/mol. The van der Waals surface area contributed by atoms with Gasteiger partial charge in [-0.05, 0) is 92.1 Å². The van der Waals surface area contributed by atoms with Crippen LogP contribution in [-0.2, 0) is 17.8 Å². The maximum Gasteiger partial charge on any atom is 0.224 e. The summed E-state index contributed by atoms with van der Waals surface area (Å²) in [7, 11) is 0. The minimum atomic E-state index is 0.180. The fraction of sp³-hybridized carbons (Fsp3) is 0.739. The number of carbonyl (C=O) groups excluding carboxylic acids is 1. The Bertz CT molecular complexity index is 712. The van der Waals surface area contributed by atoms with E-state index in [1.54, 1.807) is 0 Å². The number of rotatable bonds is 6. The lowest BCUT2D eigenvalue weighted by Gasteiger charge is -2.56. The molecule has 5 nitrogen and oxygen atoms in total. The Morgan fingerprint density at radius 1 is 1.18 bits per heavy atom. The number of aromatic nitrogens is 1. The quantitative estimate of drug-likeness (QED) is 0.704. The van der Waals surface area contributed by atoms with Crippen molar-refractivity contribution in [2.45, 2.75) is 76.8 Å². The molecule has 5 heteroatoms. The van der Waals surface area contributed by atoms with Gasteiger partial charge in [-0.15, -0.1) is 0 Å². The summed E-state index contributed by atoms with van der Waals surface area (Å²) in [6.07, 6.45) is 15.2. The van der Waals surface area contributed by atoms with Crippen molar-refractivity contribution in [3.8, 4) is 0 Å². The number of anilines is 1. The SMILES string of the molecule is O=C(CC12CC3CC(CC(C3)C1)C2)Nc1cncc2c1CNC(CCCO)C2. The molecule has 0 radical (unpaired) electrons. The summed E-state index contributed by atoms with van der Waals surface area (Å²) in [6.45, 7) is 1.00. The molecule has 2 heterocycles. The molecule has 1 aliphatic heterocycles. The maximum absolute atomic E-state index is 13.0. The number of hydrogen-bond donors (Lipinski definition) is 3. The van der Waals surface area contributed by atoms with Crippen LogP contribution in [0.2, 0.25) is 0 Å². The molecule has 0 aromatic carbocycles. The van der Waals surface area contributed by atoms with E-state index >= 15 is 0 Å². The summed E-state index contributed by atoms with van der Waals surface area (Å²) in [5.41, 5.74) is 3.58. The van der Waals surface area contributed by atoms with Crippen LogP contribution in [0.4, 0.5) is 5.69 Å². The molecule has 0 spiro atoms. The summed E-state index contributed by atoms with van der Waals surface area (Å²) >= 11 is 0. The number of hydrogen-bond acceptors (Lipinski definition) is 4. The summed E-state index contributed by atoms with van der Waals surface area (Å²) in [6, 6.07) is 0.388. The van der Waals surface area contributed by atoms with E-state index < -0.39 is 0 Å². The molecular formula is C23H33N3O2. The zero-order valence-electron chi connectivity index (χ0n) is 16.8. The van der Waals surface area contributed by atoms with E-state index in [1.165, 1.54) is 49.7 Å². The Labute approximate surface area is 167 Å². The van der Waals surface area contributed by atoms with Gasteiger partial charge in [-0.25, -0.2) is 0 Å². The molecule has 1 aromatic heterocycles. The predicted octanol–water partition coefficient (Wildman–Crippen LogP) is 3.41. The average molecular weight is 384 g/mol. The molecular weight excluding hydrogens is 350 g/mol. The number of carbonyl (C=O) groups is 1. The van der Waals surface area contributed by atoms with Crippen molar-refractivity contribution in [2.75, 3.05) is 11.9 Å². The Morgan fingerprint density at radius 3 is 2.57 bits per heavy atom. The second-order valence-electron chi connectivity index (χ2n) is 10.1. The van der Waals surface area contributed by atoms with Gasteiger partial charge in [0.1, 0.15) is 0 Å². The molecule has 28 heavy (non-hydrogen) atoms. The second-order valence-corrected chi connectivity index (χ2v) is 10.1. The summed E-state index contributed by atoms with van der Waals surface area (Å²) < 4.78 is 0. The molecule has 1 unspecified atom stereocenters. The van der Waals surface area contributed by atoms with Gasteiger partial charge in [0.25, 0.3) is 0 Å². The Hall–Kier alpha value is -1.46. The lowest BCUT2D eigenvalue weighted by molar-refractivity contribution is -0.124. The van der Waals surface area contributed by atoms with Crippen LogP contribution in [0.5, 0.6) is 0 Å². The van der Waals surface area contributed by atoms with Crippen molar-refractivity contribution in [3.63, 3.8) is 0 Å². The third kappa shape index (κ3) is 3.59. The first kappa shape index (κ1) is 18.6. The highest BCUT2D eigenvalue weighted by atomic mass is 16.2. The topological polar surface area (TPSA) is 74.2 Å². The van der Waals surface area contributed by atoms with Gasteiger partial charge in [-0.2, -0.15) is 0 Å². The van der Waals surface area contributed by atoms with Crippen LogP contribution < -0.4 is 10.6 Å². The van der Waals surface area contributed by atoms with Gasteiger partial charge in [-0.1, -0.05) is 0 Å². The smallest absolute Gasteiger partial charge is 0.224 e. The molecule has 152 valence electrons. The van der Waals surface area contributed by atoms with Crippen LogP contribution in [0, 0.1) is 23.2 Å². The van der Waals surface area contributed by atoms with Crippen molar-refractivity contribution < 1.29 is 9.90 Å². The summed E-state index contributed by atoms with van der Waals surface area (Å²) in [5, 5.41) is 15.8. The molecule has 6 rings (SSSR count). The first-order valence-electron chi connectivity index (χ1n) is 11.2. The Balaban J connectivity index is 1.25. The molecule has 4 saturated carbocycles. The van der Waals surface area contributed by atoms with Gasteiger partial charge in [0.05, 0.1) is 11.9 Å². The van der Waals surface area contributed by atoms with Crippen molar-refractivity contribution in [2.24, 2.45) is 23.2 Å². The minimum Gasteiger partial charge on any atom is -0.396 e. The molecule has 4 fully saturated rings. The van der Waals surface area contributed by atoms with E-state index in [0.29, 0.717) is 12.5 Å². The zero-order chi connectivity index (χ0) is 19.1. The third-order valence-corrected chi connectivity index (χ3v) is 7.87. The lowest BCUT2D eigenvalue weighted by atomic mass is 9.49. The van der Waals surface area contributed by atoms with Gasteiger partial charge in [-0.3, -0.25) is 9.78 Å². The van der Waals surface area contributed by atoms with E-state index in [0.717, 1.165) is 49.2 Å². The molecule has 5 aliphatic rings. The third-order valence-electron chi connectivity index (χ3n) is 7.87. The van der Waals surface area contributed by atoms with Crippen LogP contribution in [0.15, 0.2) is 12.4 Å². The van der Waals surface area contributed by atoms with E-state index in [1.807, 2.05) is 12.4 Å². The zero-order valence-corrected chi connectivity index (χ0v) is 16.8. The fourth-order valence-corrected chi connectivity index (χ4v) is 7.19. The fourth-order valence-electron chi connectivity index (χ4n) is 7.19. The van der Waals surface area contributed by atoms with Gasteiger partial charge < -0.3 is 15.7 Å². The first-order valence-corrected chi connectivity index (χ1v) is 11.2. The largest absolute Gasteiger partial charge is 0.396 e. The lowest BCUT2D eigenvalue weighted by Crippen LogP contribution is -2.47. The van der Waals surface area contributed by atoms with Crippen LogP contribution in [0.3, 0.4) is 0 Å². The molecule has 4 bridgehead atoms. The van der Waals surface area contributed by atoms with Crippen molar-refractivity contribution in [1.29, 1.82) is 0 Å². The van der Waals surface area contributed by atoms with Gasteiger partial charge in [0.15, 0.2) is 0 Å². The minimum absolute atomic E-state index is 0.180. The number of aliphatic hydroxyl groups is 1. The summed E-state index contributed by atoms with van der Waals surface area (Å²) in [4.78, 5) is 17.4.